The number of nitrogens with zero attached hydrogens (tertiary/aromatic N) is 1. The van der Waals surface area contributed by atoms with Crippen LogP contribution in [0.25, 0.3) is 0 Å². The Hall–Kier alpha value is -1.56. The number of ether oxygens (including phenoxy) is 2. The largest absolute Gasteiger partial charge is 0.494 e. The van der Waals surface area contributed by atoms with Gasteiger partial charge in [0.1, 0.15) is 17.6 Å². The smallest absolute Gasteiger partial charge is 0.191 e. The summed E-state index contributed by atoms with van der Waals surface area (Å²) in [7, 11) is 0. The minimum Gasteiger partial charge on any atom is -0.494 e. The van der Waals surface area contributed by atoms with Crippen LogP contribution in [0, 0.1) is 0 Å². The molecule has 0 bridgehead atoms. The van der Waals surface area contributed by atoms with Gasteiger partial charge in [-0.25, -0.2) is 4.99 Å². The van der Waals surface area contributed by atoms with Crippen molar-refractivity contribution in [2.24, 2.45) is 4.99 Å². The molecule has 0 aromatic heterocycles. The van der Waals surface area contributed by atoms with Crippen LogP contribution < -0.4 is 20.1 Å². The van der Waals surface area contributed by atoms with Crippen LogP contribution in [-0.2, 0) is 13.0 Å². The van der Waals surface area contributed by atoms with Gasteiger partial charge in [0.15, 0.2) is 5.96 Å². The van der Waals surface area contributed by atoms with Crippen LogP contribution in [0.2, 0.25) is 0 Å². The summed E-state index contributed by atoms with van der Waals surface area (Å²) in [5.41, 5.74) is 2.30. The first kappa shape index (κ1) is 20.7. The molecule has 26 heavy (non-hydrogen) atoms. The first-order valence-corrected chi connectivity index (χ1v) is 11.0. The first-order valence-electron chi connectivity index (χ1n) is 9.64. The summed E-state index contributed by atoms with van der Waals surface area (Å²) in [4.78, 5) is 4.74. The van der Waals surface area contributed by atoms with Crippen molar-refractivity contribution in [1.29, 1.82) is 0 Å². The molecule has 2 N–H and O–H groups in total. The Labute approximate surface area is 162 Å². The number of thioether (sulfide) groups is 1. The topological polar surface area (TPSA) is 54.9 Å². The van der Waals surface area contributed by atoms with Crippen molar-refractivity contribution in [1.82, 2.24) is 10.6 Å². The van der Waals surface area contributed by atoms with E-state index < -0.39 is 0 Å². The number of rotatable bonds is 10. The van der Waals surface area contributed by atoms with Crippen LogP contribution in [0.4, 0.5) is 0 Å². The number of fused-ring (bicyclic) bond motifs is 1. The van der Waals surface area contributed by atoms with Crippen molar-refractivity contribution < 1.29 is 9.47 Å². The van der Waals surface area contributed by atoms with Gasteiger partial charge in [0.05, 0.1) is 13.2 Å². The maximum atomic E-state index is 5.90. The highest BCUT2D eigenvalue weighted by molar-refractivity contribution is 7.98. The normalized spacial score (nSPS) is 16.2. The van der Waals surface area contributed by atoms with Crippen molar-refractivity contribution in [3.63, 3.8) is 0 Å². The van der Waals surface area contributed by atoms with E-state index in [2.05, 4.69) is 42.9 Å². The maximum absolute atomic E-state index is 5.90. The summed E-state index contributed by atoms with van der Waals surface area (Å²) in [6.07, 6.45) is 5.70. The number of nitrogens with one attached hydrogen (secondary N) is 2. The van der Waals surface area contributed by atoms with E-state index >= 15 is 0 Å². The first-order chi connectivity index (χ1) is 12.7. The lowest BCUT2D eigenvalue weighted by Gasteiger charge is -2.14. The molecule has 2 rings (SSSR count). The summed E-state index contributed by atoms with van der Waals surface area (Å²) in [6, 6.07) is 4.21. The molecule has 5 nitrogen and oxygen atoms in total. The third kappa shape index (κ3) is 6.31. The van der Waals surface area contributed by atoms with E-state index in [4.69, 9.17) is 14.5 Å². The standard InChI is InChI=1S/C20H33N3O2S/c1-5-21-20(22-9-7-8-10-26-4)23-14-17-13-19-16(11-15(3)25-19)12-18(17)24-6-2/h12-13,15H,5-11,14H2,1-4H3,(H2,21,22,23). The number of hydrogen-bond donors (Lipinski definition) is 2. The van der Waals surface area contributed by atoms with Gasteiger partial charge in [-0.05, 0) is 57.8 Å². The Bertz CT molecular complexity index is 593. The molecule has 1 heterocycles. The van der Waals surface area contributed by atoms with E-state index in [-0.39, 0.29) is 6.10 Å². The van der Waals surface area contributed by atoms with Gasteiger partial charge >= 0.3 is 0 Å². The highest BCUT2D eigenvalue weighted by atomic mass is 32.2. The Morgan fingerprint density at radius 3 is 2.88 bits per heavy atom. The molecule has 0 radical (unpaired) electrons. The molecule has 1 unspecified atom stereocenters. The Morgan fingerprint density at radius 2 is 2.15 bits per heavy atom. The molecule has 0 saturated carbocycles. The van der Waals surface area contributed by atoms with Gasteiger partial charge in [0, 0.05) is 30.6 Å². The van der Waals surface area contributed by atoms with E-state index in [0.29, 0.717) is 13.2 Å². The predicted molar refractivity (Wildman–Crippen MR) is 112 cm³/mol. The Kier molecular flexibility index (Phi) is 8.95. The summed E-state index contributed by atoms with van der Waals surface area (Å²) in [5.74, 6) is 3.96. The minimum absolute atomic E-state index is 0.235. The van der Waals surface area contributed by atoms with Crippen molar-refractivity contribution >= 4 is 17.7 Å². The number of unbranched alkanes of at least 4 members (excludes halogenated alkanes) is 1. The van der Waals surface area contributed by atoms with Gasteiger partial charge in [-0.15, -0.1) is 0 Å². The average molecular weight is 380 g/mol. The second-order valence-corrected chi connectivity index (χ2v) is 7.44. The van der Waals surface area contributed by atoms with Crippen LogP contribution in [0.15, 0.2) is 17.1 Å². The Balaban J connectivity index is 2.03. The maximum Gasteiger partial charge on any atom is 0.191 e. The molecular weight excluding hydrogens is 346 g/mol. The van der Waals surface area contributed by atoms with Crippen molar-refractivity contribution in [2.75, 3.05) is 31.7 Å². The van der Waals surface area contributed by atoms with E-state index in [1.807, 2.05) is 18.7 Å². The molecular formula is C20H33N3O2S. The lowest BCUT2D eigenvalue weighted by molar-refractivity contribution is 0.254. The van der Waals surface area contributed by atoms with Gasteiger partial charge in [0.25, 0.3) is 0 Å². The number of guanidine groups is 1. The molecule has 0 aliphatic carbocycles. The number of benzene rings is 1. The van der Waals surface area contributed by atoms with Crippen LogP contribution >= 0.6 is 11.8 Å². The molecule has 6 heteroatoms. The highest BCUT2D eigenvalue weighted by Crippen LogP contribution is 2.35. The van der Waals surface area contributed by atoms with Gasteiger partial charge in [0.2, 0.25) is 0 Å². The second-order valence-electron chi connectivity index (χ2n) is 6.46. The SMILES string of the molecule is CCNC(=NCc1cc2c(cc1OCC)CC(C)O2)NCCCCSC. The third-order valence-electron chi connectivity index (χ3n) is 4.20. The van der Waals surface area contributed by atoms with Gasteiger partial charge in [-0.3, -0.25) is 0 Å². The van der Waals surface area contributed by atoms with Gasteiger partial charge < -0.3 is 20.1 Å². The fourth-order valence-electron chi connectivity index (χ4n) is 2.98. The van der Waals surface area contributed by atoms with E-state index in [9.17, 15) is 0 Å². The summed E-state index contributed by atoms with van der Waals surface area (Å²) < 4.78 is 11.7. The third-order valence-corrected chi connectivity index (χ3v) is 4.90. The van der Waals surface area contributed by atoms with Crippen LogP contribution in [0.1, 0.15) is 44.7 Å². The molecule has 1 aliphatic heterocycles. The number of hydrogen-bond acceptors (Lipinski definition) is 4. The molecule has 146 valence electrons. The Morgan fingerprint density at radius 1 is 1.31 bits per heavy atom. The second kappa shape index (κ2) is 11.2. The zero-order chi connectivity index (χ0) is 18.8. The summed E-state index contributed by atoms with van der Waals surface area (Å²) >= 11 is 1.89. The molecule has 0 amide bonds. The summed E-state index contributed by atoms with van der Waals surface area (Å²) in [5, 5.41) is 6.73. The quantitative estimate of drug-likeness (QED) is 0.369. The minimum atomic E-state index is 0.235. The van der Waals surface area contributed by atoms with E-state index in [1.165, 1.54) is 17.7 Å². The predicted octanol–water partition coefficient (Wildman–Crippen LogP) is 3.61. The van der Waals surface area contributed by atoms with E-state index in [0.717, 1.165) is 49.0 Å². The molecule has 0 saturated heterocycles. The lowest BCUT2D eigenvalue weighted by Crippen LogP contribution is -2.37. The van der Waals surface area contributed by atoms with E-state index in [1.54, 1.807) is 0 Å². The van der Waals surface area contributed by atoms with Gasteiger partial charge in [-0.2, -0.15) is 11.8 Å². The highest BCUT2D eigenvalue weighted by Gasteiger charge is 2.21. The molecule has 1 aliphatic rings. The fourth-order valence-corrected chi connectivity index (χ4v) is 3.47. The molecule has 0 fully saturated rings. The van der Waals surface area contributed by atoms with Crippen molar-refractivity contribution in [3.8, 4) is 11.5 Å². The molecule has 1 aromatic rings. The van der Waals surface area contributed by atoms with Crippen LogP contribution in [0.5, 0.6) is 11.5 Å². The van der Waals surface area contributed by atoms with Crippen LogP contribution in [-0.4, -0.2) is 43.8 Å². The van der Waals surface area contributed by atoms with Crippen molar-refractivity contribution in [2.45, 2.75) is 52.7 Å². The lowest BCUT2D eigenvalue weighted by atomic mass is 10.1. The monoisotopic (exact) mass is 379 g/mol. The van der Waals surface area contributed by atoms with Crippen LogP contribution in [0.3, 0.4) is 0 Å². The molecule has 0 spiro atoms. The number of aliphatic imine (C=N–C) groups is 1. The summed E-state index contributed by atoms with van der Waals surface area (Å²) in [6.45, 7) is 9.21. The fraction of sp³-hybridized carbons (Fsp3) is 0.650. The zero-order valence-corrected chi connectivity index (χ0v) is 17.4. The van der Waals surface area contributed by atoms with Crippen molar-refractivity contribution in [3.05, 3.63) is 23.3 Å². The molecule has 1 atom stereocenters. The zero-order valence-electron chi connectivity index (χ0n) is 16.6. The molecule has 1 aromatic carbocycles. The average Bonchev–Trinajstić information content (AvgIpc) is 2.98. The van der Waals surface area contributed by atoms with Gasteiger partial charge in [-0.1, -0.05) is 0 Å².